The predicted molar refractivity (Wildman–Crippen MR) is 122 cm³/mol. The summed E-state index contributed by atoms with van der Waals surface area (Å²) in [6, 6.07) is 17.6. The Morgan fingerprint density at radius 2 is 1.91 bits per heavy atom. The van der Waals surface area contributed by atoms with E-state index >= 15 is 0 Å². The van der Waals surface area contributed by atoms with Crippen molar-refractivity contribution in [3.05, 3.63) is 95.2 Å². The summed E-state index contributed by atoms with van der Waals surface area (Å²) < 4.78 is 20.9. The van der Waals surface area contributed by atoms with Crippen molar-refractivity contribution in [3.63, 3.8) is 0 Å². The normalized spacial score (nSPS) is 10.6. The second-order valence-electron chi connectivity index (χ2n) is 6.90. The van der Waals surface area contributed by atoms with Crippen LogP contribution in [0.1, 0.15) is 27.8 Å². The van der Waals surface area contributed by atoms with Crippen LogP contribution in [0.3, 0.4) is 0 Å². The van der Waals surface area contributed by atoms with E-state index < -0.39 is 11.8 Å². The average molecular weight is 465 g/mol. The number of amides is 1. The molecule has 4 aromatic rings. The summed E-state index contributed by atoms with van der Waals surface area (Å²) in [5, 5.41) is 7.35. The Bertz CT molecular complexity index is 1320. The standard InChI is InChI=1S/C24H18ClFN4O3/c1-2-33-24(32)19-13-21(30(29-19)20-9-4-3-8-18(20)26)15-6-5-7-17(12-15)28-23(31)16-10-11-22(25)27-14-16/h3-14H,2H2,1H3,(H,28,31). The van der Waals surface area contributed by atoms with Crippen molar-refractivity contribution in [1.29, 1.82) is 0 Å². The van der Waals surface area contributed by atoms with Crippen molar-refractivity contribution in [2.75, 3.05) is 11.9 Å². The molecule has 166 valence electrons. The van der Waals surface area contributed by atoms with Gasteiger partial charge in [0.05, 0.1) is 17.9 Å². The molecule has 0 aliphatic heterocycles. The number of esters is 1. The Kier molecular flexibility index (Phi) is 6.46. The Morgan fingerprint density at radius 1 is 1.09 bits per heavy atom. The lowest BCUT2D eigenvalue weighted by Crippen LogP contribution is -2.12. The quantitative estimate of drug-likeness (QED) is 0.315. The molecule has 1 N–H and O–H groups in total. The summed E-state index contributed by atoms with van der Waals surface area (Å²) >= 11 is 5.77. The van der Waals surface area contributed by atoms with Crippen LogP contribution in [-0.4, -0.2) is 33.2 Å². The molecule has 2 aromatic heterocycles. The third-order valence-corrected chi connectivity index (χ3v) is 4.90. The van der Waals surface area contributed by atoms with Crippen molar-refractivity contribution in [3.8, 4) is 16.9 Å². The fraction of sp³-hybridized carbons (Fsp3) is 0.0833. The van der Waals surface area contributed by atoms with Crippen molar-refractivity contribution in [1.82, 2.24) is 14.8 Å². The summed E-state index contributed by atoms with van der Waals surface area (Å²) in [6.07, 6.45) is 1.38. The number of benzene rings is 2. The van der Waals surface area contributed by atoms with Gasteiger partial charge in [0.15, 0.2) is 5.69 Å². The molecule has 0 aliphatic rings. The van der Waals surface area contributed by atoms with E-state index in [0.717, 1.165) is 0 Å². The molecule has 7 nitrogen and oxygen atoms in total. The monoisotopic (exact) mass is 464 g/mol. The number of anilines is 1. The number of hydrogen-bond donors (Lipinski definition) is 1. The van der Waals surface area contributed by atoms with Crippen molar-refractivity contribution >= 4 is 29.2 Å². The van der Waals surface area contributed by atoms with Gasteiger partial charge < -0.3 is 10.1 Å². The predicted octanol–water partition coefficient (Wildman–Crippen LogP) is 5.16. The fourth-order valence-corrected chi connectivity index (χ4v) is 3.28. The second-order valence-corrected chi connectivity index (χ2v) is 7.29. The van der Waals surface area contributed by atoms with Crippen LogP contribution in [0.5, 0.6) is 0 Å². The van der Waals surface area contributed by atoms with E-state index in [-0.39, 0.29) is 29.0 Å². The first-order valence-corrected chi connectivity index (χ1v) is 10.4. The van der Waals surface area contributed by atoms with Crippen LogP contribution in [0.4, 0.5) is 10.1 Å². The molecule has 0 saturated carbocycles. The molecule has 4 rings (SSSR count). The number of rotatable bonds is 6. The van der Waals surface area contributed by atoms with Gasteiger partial charge in [-0.1, -0.05) is 35.9 Å². The molecule has 1 amide bonds. The molecule has 0 bridgehead atoms. The lowest BCUT2D eigenvalue weighted by Gasteiger charge is -2.10. The third-order valence-electron chi connectivity index (χ3n) is 4.68. The smallest absolute Gasteiger partial charge is 0.358 e. The molecule has 0 saturated heterocycles. The van der Waals surface area contributed by atoms with E-state index in [1.165, 1.54) is 29.1 Å². The molecule has 0 atom stereocenters. The van der Waals surface area contributed by atoms with Crippen LogP contribution in [0.25, 0.3) is 16.9 Å². The lowest BCUT2D eigenvalue weighted by atomic mass is 10.1. The van der Waals surface area contributed by atoms with Crippen LogP contribution in [0.2, 0.25) is 5.15 Å². The van der Waals surface area contributed by atoms with E-state index in [4.69, 9.17) is 16.3 Å². The van der Waals surface area contributed by atoms with Gasteiger partial charge in [-0.3, -0.25) is 4.79 Å². The van der Waals surface area contributed by atoms with E-state index in [2.05, 4.69) is 15.4 Å². The topological polar surface area (TPSA) is 86.1 Å². The van der Waals surface area contributed by atoms with Gasteiger partial charge in [-0.05, 0) is 49.4 Å². The largest absolute Gasteiger partial charge is 0.461 e. The molecular formula is C24H18ClFN4O3. The number of nitrogens with zero attached hydrogens (tertiary/aromatic N) is 3. The first-order chi connectivity index (χ1) is 16.0. The Hall–Kier alpha value is -4.04. The SMILES string of the molecule is CCOC(=O)c1cc(-c2cccc(NC(=O)c3ccc(Cl)nc3)c2)n(-c2ccccc2F)n1. The number of pyridine rings is 1. The highest BCUT2D eigenvalue weighted by Crippen LogP contribution is 2.28. The van der Waals surface area contributed by atoms with Gasteiger partial charge in [0.2, 0.25) is 0 Å². The number of nitrogens with one attached hydrogen (secondary N) is 1. The van der Waals surface area contributed by atoms with Crippen LogP contribution < -0.4 is 5.32 Å². The van der Waals surface area contributed by atoms with Gasteiger partial charge in [-0.25, -0.2) is 18.9 Å². The van der Waals surface area contributed by atoms with Crippen LogP contribution in [-0.2, 0) is 4.74 Å². The zero-order valence-corrected chi connectivity index (χ0v) is 18.2. The van der Waals surface area contributed by atoms with E-state index in [1.54, 1.807) is 55.5 Å². The highest BCUT2D eigenvalue weighted by Gasteiger charge is 2.19. The van der Waals surface area contributed by atoms with Crippen molar-refractivity contribution in [2.45, 2.75) is 6.92 Å². The minimum absolute atomic E-state index is 0.0387. The molecule has 9 heteroatoms. The van der Waals surface area contributed by atoms with Crippen molar-refractivity contribution < 1.29 is 18.7 Å². The Morgan fingerprint density at radius 3 is 2.64 bits per heavy atom. The Balaban J connectivity index is 1.72. The first-order valence-electron chi connectivity index (χ1n) is 10.0. The highest BCUT2D eigenvalue weighted by atomic mass is 35.5. The molecule has 0 radical (unpaired) electrons. The minimum Gasteiger partial charge on any atom is -0.461 e. The van der Waals surface area contributed by atoms with E-state index in [1.807, 2.05) is 0 Å². The summed E-state index contributed by atoms with van der Waals surface area (Å²) in [5.74, 6) is -1.49. The summed E-state index contributed by atoms with van der Waals surface area (Å²) in [4.78, 5) is 28.7. The van der Waals surface area contributed by atoms with E-state index in [0.29, 0.717) is 22.5 Å². The van der Waals surface area contributed by atoms with Gasteiger partial charge in [-0.2, -0.15) is 5.10 Å². The van der Waals surface area contributed by atoms with Gasteiger partial charge in [0.25, 0.3) is 5.91 Å². The lowest BCUT2D eigenvalue weighted by molar-refractivity contribution is 0.0518. The zero-order chi connectivity index (χ0) is 23.4. The summed E-state index contributed by atoms with van der Waals surface area (Å²) in [7, 11) is 0. The number of ether oxygens (including phenoxy) is 1. The minimum atomic E-state index is -0.617. The number of aromatic nitrogens is 3. The number of hydrogen-bond acceptors (Lipinski definition) is 5. The molecule has 0 spiro atoms. The number of carbonyl (C=O) groups excluding carboxylic acids is 2. The van der Waals surface area contributed by atoms with Gasteiger partial charge in [0.1, 0.15) is 16.7 Å². The fourth-order valence-electron chi connectivity index (χ4n) is 3.17. The molecule has 0 unspecified atom stereocenters. The zero-order valence-electron chi connectivity index (χ0n) is 17.5. The molecule has 2 aromatic carbocycles. The molecule has 0 fully saturated rings. The number of carbonyl (C=O) groups is 2. The van der Waals surface area contributed by atoms with Gasteiger partial charge >= 0.3 is 5.97 Å². The maximum Gasteiger partial charge on any atom is 0.358 e. The average Bonchev–Trinajstić information content (AvgIpc) is 3.26. The molecule has 2 heterocycles. The highest BCUT2D eigenvalue weighted by molar-refractivity contribution is 6.29. The van der Waals surface area contributed by atoms with E-state index in [9.17, 15) is 14.0 Å². The maximum absolute atomic E-state index is 14.5. The molecule has 0 aliphatic carbocycles. The van der Waals surface area contributed by atoms with Gasteiger partial charge in [0, 0.05) is 17.4 Å². The molecular weight excluding hydrogens is 447 g/mol. The van der Waals surface area contributed by atoms with Crippen LogP contribution in [0, 0.1) is 5.82 Å². The summed E-state index contributed by atoms with van der Waals surface area (Å²) in [6.45, 7) is 1.87. The first kappa shape index (κ1) is 22.2. The third kappa shape index (κ3) is 4.91. The van der Waals surface area contributed by atoms with Gasteiger partial charge in [-0.15, -0.1) is 0 Å². The van der Waals surface area contributed by atoms with Crippen LogP contribution >= 0.6 is 11.6 Å². The second kappa shape index (κ2) is 9.62. The number of halogens is 2. The maximum atomic E-state index is 14.5. The Labute approximate surface area is 193 Å². The van der Waals surface area contributed by atoms with Crippen LogP contribution in [0.15, 0.2) is 72.9 Å². The molecule has 33 heavy (non-hydrogen) atoms. The summed E-state index contributed by atoms with van der Waals surface area (Å²) in [5.41, 5.74) is 2.10. The van der Waals surface area contributed by atoms with Crippen molar-refractivity contribution in [2.24, 2.45) is 0 Å². The number of para-hydroxylation sites is 1.